The number of anilines is 1. The summed E-state index contributed by atoms with van der Waals surface area (Å²) in [6.45, 7) is 5.71. The molecule has 2 aromatic carbocycles. The molecule has 0 aliphatic carbocycles. The van der Waals surface area contributed by atoms with E-state index in [0.29, 0.717) is 0 Å². The molecular weight excluding hydrogens is 325 g/mol. The van der Waals surface area contributed by atoms with Crippen molar-refractivity contribution in [1.29, 1.82) is 0 Å². The van der Waals surface area contributed by atoms with E-state index in [1.54, 1.807) is 6.07 Å². The number of halogens is 1. The summed E-state index contributed by atoms with van der Waals surface area (Å²) >= 11 is 0. The van der Waals surface area contributed by atoms with Crippen LogP contribution < -0.4 is 4.90 Å². The van der Waals surface area contributed by atoms with Crippen LogP contribution >= 0.6 is 0 Å². The maximum absolute atomic E-state index is 14.6. The molecule has 0 amide bonds. The van der Waals surface area contributed by atoms with Crippen LogP contribution in [0.25, 0.3) is 0 Å². The summed E-state index contributed by atoms with van der Waals surface area (Å²) in [7, 11) is 4.16. The Morgan fingerprint density at radius 2 is 1.65 bits per heavy atom. The number of para-hydroxylation sites is 1. The molecule has 0 radical (unpaired) electrons. The van der Waals surface area contributed by atoms with E-state index in [9.17, 15) is 4.39 Å². The highest BCUT2D eigenvalue weighted by molar-refractivity contribution is 5.55. The molecule has 3 nitrogen and oxygen atoms in total. The van der Waals surface area contributed by atoms with Gasteiger partial charge in [0.25, 0.3) is 0 Å². The summed E-state index contributed by atoms with van der Waals surface area (Å²) in [6, 6.07) is 16.1. The summed E-state index contributed by atoms with van der Waals surface area (Å²) in [5, 5.41) is 0. The summed E-state index contributed by atoms with van der Waals surface area (Å²) < 4.78 is 14.6. The average Bonchev–Trinajstić information content (AvgIpc) is 2.63. The van der Waals surface area contributed by atoms with Crippen LogP contribution in [0.3, 0.4) is 0 Å². The van der Waals surface area contributed by atoms with E-state index in [1.807, 2.05) is 6.07 Å². The van der Waals surface area contributed by atoms with Crippen molar-refractivity contribution >= 4 is 5.69 Å². The van der Waals surface area contributed by atoms with Crippen molar-refractivity contribution in [3.8, 4) is 0 Å². The topological polar surface area (TPSA) is 9.72 Å². The first kappa shape index (κ1) is 18.9. The third kappa shape index (κ3) is 5.05. The van der Waals surface area contributed by atoms with E-state index in [4.69, 9.17) is 0 Å². The van der Waals surface area contributed by atoms with Crippen LogP contribution in [0.5, 0.6) is 0 Å². The lowest BCUT2D eigenvalue weighted by atomic mass is 10.0. The molecule has 1 saturated heterocycles. The highest BCUT2D eigenvalue weighted by Crippen LogP contribution is 2.27. The molecule has 0 N–H and O–H groups in total. The Morgan fingerprint density at radius 1 is 0.923 bits per heavy atom. The first-order valence-electron chi connectivity index (χ1n) is 9.57. The Morgan fingerprint density at radius 3 is 2.35 bits per heavy atom. The fraction of sp³-hybridized carbons (Fsp3) is 0.455. The SMILES string of the molecule is CN(C)CCCc1cccc(F)c1N1CCN(Cc2ccccc2)CC1. The lowest BCUT2D eigenvalue weighted by molar-refractivity contribution is 0.249. The molecule has 0 spiro atoms. The second-order valence-electron chi connectivity index (χ2n) is 7.40. The van der Waals surface area contributed by atoms with Crippen molar-refractivity contribution in [2.45, 2.75) is 19.4 Å². The lowest BCUT2D eigenvalue weighted by Gasteiger charge is -2.37. The van der Waals surface area contributed by atoms with Crippen molar-refractivity contribution in [2.75, 3.05) is 51.7 Å². The van der Waals surface area contributed by atoms with Crippen LogP contribution in [0.1, 0.15) is 17.5 Å². The van der Waals surface area contributed by atoms with Gasteiger partial charge >= 0.3 is 0 Å². The molecule has 26 heavy (non-hydrogen) atoms. The third-order valence-corrected chi connectivity index (χ3v) is 5.06. The molecule has 0 saturated carbocycles. The minimum atomic E-state index is -0.0798. The maximum Gasteiger partial charge on any atom is 0.146 e. The minimum Gasteiger partial charge on any atom is -0.366 e. The average molecular weight is 356 g/mol. The molecule has 0 aromatic heterocycles. The normalized spacial score (nSPS) is 15.6. The van der Waals surface area contributed by atoms with Gasteiger partial charge in [-0.15, -0.1) is 0 Å². The van der Waals surface area contributed by atoms with Gasteiger partial charge in [-0.25, -0.2) is 4.39 Å². The van der Waals surface area contributed by atoms with Gasteiger partial charge in [0.2, 0.25) is 0 Å². The molecule has 3 rings (SSSR count). The predicted octanol–water partition coefficient (Wildman–Crippen LogP) is 3.64. The predicted molar refractivity (Wildman–Crippen MR) is 107 cm³/mol. The number of aryl methyl sites for hydroxylation is 1. The molecule has 0 bridgehead atoms. The number of nitrogens with zero attached hydrogens (tertiary/aromatic N) is 3. The highest BCUT2D eigenvalue weighted by Gasteiger charge is 2.21. The first-order valence-corrected chi connectivity index (χ1v) is 9.57. The fourth-order valence-electron chi connectivity index (χ4n) is 3.67. The molecule has 1 aliphatic rings. The molecule has 140 valence electrons. The van der Waals surface area contributed by atoms with Gasteiger partial charge in [-0.2, -0.15) is 0 Å². The second kappa shape index (κ2) is 9.15. The van der Waals surface area contributed by atoms with E-state index >= 15 is 0 Å². The number of hydrogen-bond donors (Lipinski definition) is 0. The lowest BCUT2D eigenvalue weighted by Crippen LogP contribution is -2.46. The number of piperazine rings is 1. The summed E-state index contributed by atoms with van der Waals surface area (Å²) in [6.07, 6.45) is 1.98. The van der Waals surface area contributed by atoms with Gasteiger partial charge < -0.3 is 9.80 Å². The van der Waals surface area contributed by atoms with Gasteiger partial charge in [-0.3, -0.25) is 4.90 Å². The number of hydrogen-bond acceptors (Lipinski definition) is 3. The van der Waals surface area contributed by atoms with Crippen LogP contribution in [-0.2, 0) is 13.0 Å². The van der Waals surface area contributed by atoms with E-state index in [2.05, 4.69) is 65.2 Å². The molecule has 1 fully saturated rings. The van der Waals surface area contributed by atoms with E-state index in [1.165, 1.54) is 5.56 Å². The second-order valence-corrected chi connectivity index (χ2v) is 7.40. The van der Waals surface area contributed by atoms with Crippen molar-refractivity contribution in [3.05, 3.63) is 65.5 Å². The highest BCUT2D eigenvalue weighted by atomic mass is 19.1. The fourth-order valence-corrected chi connectivity index (χ4v) is 3.67. The van der Waals surface area contributed by atoms with Gasteiger partial charge in [0.1, 0.15) is 5.82 Å². The van der Waals surface area contributed by atoms with Gasteiger partial charge in [-0.1, -0.05) is 42.5 Å². The molecule has 2 aromatic rings. The summed E-state index contributed by atoms with van der Waals surface area (Å²) in [4.78, 5) is 6.88. The van der Waals surface area contributed by atoms with Gasteiger partial charge in [0, 0.05) is 32.7 Å². The van der Waals surface area contributed by atoms with Crippen LogP contribution in [-0.4, -0.2) is 56.6 Å². The molecule has 4 heteroatoms. The standard InChI is InChI=1S/C22H30FN3/c1-24(2)13-7-11-20-10-6-12-21(23)22(20)26-16-14-25(15-17-26)18-19-8-4-3-5-9-19/h3-6,8-10,12H,7,11,13-18H2,1-2H3. The number of rotatable bonds is 7. The molecule has 1 aliphatic heterocycles. The third-order valence-electron chi connectivity index (χ3n) is 5.06. The van der Waals surface area contributed by atoms with Crippen molar-refractivity contribution in [3.63, 3.8) is 0 Å². The van der Waals surface area contributed by atoms with E-state index in [-0.39, 0.29) is 5.82 Å². The summed E-state index contributed by atoms with van der Waals surface area (Å²) in [5.41, 5.74) is 3.31. The molecule has 0 unspecified atom stereocenters. The smallest absolute Gasteiger partial charge is 0.146 e. The van der Waals surface area contributed by atoms with Crippen LogP contribution in [0.15, 0.2) is 48.5 Å². The van der Waals surface area contributed by atoms with Crippen LogP contribution in [0.4, 0.5) is 10.1 Å². The van der Waals surface area contributed by atoms with Gasteiger partial charge in [-0.05, 0) is 50.7 Å². The van der Waals surface area contributed by atoms with E-state index in [0.717, 1.165) is 63.4 Å². The molecule has 1 heterocycles. The molecule has 0 atom stereocenters. The van der Waals surface area contributed by atoms with Gasteiger partial charge in [0.05, 0.1) is 5.69 Å². The van der Waals surface area contributed by atoms with Crippen molar-refractivity contribution in [2.24, 2.45) is 0 Å². The monoisotopic (exact) mass is 355 g/mol. The number of benzene rings is 2. The zero-order chi connectivity index (χ0) is 18.4. The van der Waals surface area contributed by atoms with Gasteiger partial charge in [0.15, 0.2) is 0 Å². The Balaban J connectivity index is 1.61. The Hall–Kier alpha value is -1.91. The van der Waals surface area contributed by atoms with Crippen molar-refractivity contribution in [1.82, 2.24) is 9.80 Å². The van der Waals surface area contributed by atoms with Crippen LogP contribution in [0, 0.1) is 5.82 Å². The zero-order valence-corrected chi connectivity index (χ0v) is 16.0. The van der Waals surface area contributed by atoms with E-state index < -0.39 is 0 Å². The largest absolute Gasteiger partial charge is 0.366 e. The molecular formula is C22H30FN3. The van der Waals surface area contributed by atoms with Crippen LogP contribution in [0.2, 0.25) is 0 Å². The first-order chi connectivity index (χ1) is 12.6. The Labute approximate surface area is 157 Å². The maximum atomic E-state index is 14.6. The minimum absolute atomic E-state index is 0.0798. The van der Waals surface area contributed by atoms with Crippen molar-refractivity contribution < 1.29 is 4.39 Å². The Bertz CT molecular complexity index is 679. The quantitative estimate of drug-likeness (QED) is 0.751. The zero-order valence-electron chi connectivity index (χ0n) is 16.0. The Kier molecular flexibility index (Phi) is 6.64. The summed E-state index contributed by atoms with van der Waals surface area (Å²) in [5.74, 6) is -0.0798.